The van der Waals surface area contributed by atoms with Gasteiger partial charge >= 0.3 is 0 Å². The molecule has 0 aliphatic rings. The van der Waals surface area contributed by atoms with Crippen LogP contribution in [0.4, 0.5) is 0 Å². The Balaban J connectivity index is 2.04. The molecule has 1 atom stereocenters. The van der Waals surface area contributed by atoms with Crippen LogP contribution in [0.2, 0.25) is 0 Å². The van der Waals surface area contributed by atoms with Crippen LogP contribution in [0.25, 0.3) is 0 Å². The molecule has 0 aliphatic heterocycles. The molecule has 112 valence electrons. The number of hydrogen-bond acceptors (Lipinski definition) is 3. The van der Waals surface area contributed by atoms with Crippen LogP contribution in [-0.2, 0) is 6.54 Å². The molecule has 0 fully saturated rings. The van der Waals surface area contributed by atoms with E-state index in [1.807, 2.05) is 19.1 Å². The Morgan fingerprint density at radius 2 is 1.95 bits per heavy atom. The van der Waals surface area contributed by atoms with Crippen molar-refractivity contribution in [2.24, 2.45) is 0 Å². The van der Waals surface area contributed by atoms with Crippen molar-refractivity contribution in [3.63, 3.8) is 0 Å². The van der Waals surface area contributed by atoms with Crippen LogP contribution in [0.15, 0.2) is 42.5 Å². The minimum absolute atomic E-state index is 0.222. The molecule has 21 heavy (non-hydrogen) atoms. The Kier molecular flexibility index (Phi) is 5.23. The summed E-state index contributed by atoms with van der Waals surface area (Å²) < 4.78 is 5.41. The predicted octanol–water partition coefficient (Wildman–Crippen LogP) is 3.95. The number of aryl methyl sites for hydroxylation is 1. The number of nitrogens with one attached hydrogen (secondary N) is 1. The van der Waals surface area contributed by atoms with Crippen LogP contribution in [0, 0.1) is 6.92 Å². The lowest BCUT2D eigenvalue weighted by molar-refractivity contribution is 0.316. The fourth-order valence-corrected chi connectivity index (χ4v) is 2.30. The Hall–Kier alpha value is -2.00. The Labute approximate surface area is 126 Å². The predicted molar refractivity (Wildman–Crippen MR) is 85.7 cm³/mol. The van der Waals surface area contributed by atoms with Gasteiger partial charge in [-0.25, -0.2) is 0 Å². The SMILES string of the molecule is CCOc1cccc(CN[C@H](C)c2cccc(C)c2)c1O. The third-order valence-corrected chi connectivity index (χ3v) is 3.52. The zero-order chi connectivity index (χ0) is 15.2. The minimum Gasteiger partial charge on any atom is -0.504 e. The lowest BCUT2D eigenvalue weighted by Crippen LogP contribution is -2.18. The highest BCUT2D eigenvalue weighted by molar-refractivity contribution is 5.45. The van der Waals surface area contributed by atoms with Gasteiger partial charge in [0, 0.05) is 18.2 Å². The van der Waals surface area contributed by atoms with Gasteiger partial charge in [-0.2, -0.15) is 0 Å². The topological polar surface area (TPSA) is 41.5 Å². The Morgan fingerprint density at radius 1 is 1.19 bits per heavy atom. The molecule has 2 rings (SSSR count). The molecule has 0 aliphatic carbocycles. The first kappa shape index (κ1) is 15.4. The molecule has 3 nitrogen and oxygen atoms in total. The summed E-state index contributed by atoms with van der Waals surface area (Å²) in [5.41, 5.74) is 3.35. The number of hydrogen-bond donors (Lipinski definition) is 2. The summed E-state index contributed by atoms with van der Waals surface area (Å²) in [4.78, 5) is 0. The first-order valence-electron chi connectivity index (χ1n) is 7.35. The van der Waals surface area contributed by atoms with Gasteiger partial charge in [0.15, 0.2) is 11.5 Å². The van der Waals surface area contributed by atoms with E-state index in [0.29, 0.717) is 18.9 Å². The molecule has 0 aromatic heterocycles. The molecule has 0 spiro atoms. The van der Waals surface area contributed by atoms with Gasteiger partial charge in [0.25, 0.3) is 0 Å². The van der Waals surface area contributed by atoms with Crippen LogP contribution in [0.1, 0.15) is 36.6 Å². The van der Waals surface area contributed by atoms with Crippen LogP contribution >= 0.6 is 0 Å². The molecular weight excluding hydrogens is 262 g/mol. The third-order valence-electron chi connectivity index (χ3n) is 3.52. The second-order valence-corrected chi connectivity index (χ2v) is 5.21. The summed E-state index contributed by atoms with van der Waals surface area (Å²) >= 11 is 0. The number of para-hydroxylation sites is 1. The van der Waals surface area contributed by atoms with Crippen molar-refractivity contribution in [3.8, 4) is 11.5 Å². The summed E-state index contributed by atoms with van der Waals surface area (Å²) in [6.45, 7) is 7.27. The van der Waals surface area contributed by atoms with Gasteiger partial charge in [0.2, 0.25) is 0 Å². The lowest BCUT2D eigenvalue weighted by Gasteiger charge is -2.16. The van der Waals surface area contributed by atoms with Crippen molar-refractivity contribution in [1.82, 2.24) is 5.32 Å². The van der Waals surface area contributed by atoms with Crippen LogP contribution in [0.5, 0.6) is 11.5 Å². The smallest absolute Gasteiger partial charge is 0.162 e. The van der Waals surface area contributed by atoms with Gasteiger partial charge < -0.3 is 15.2 Å². The highest BCUT2D eigenvalue weighted by Gasteiger charge is 2.10. The van der Waals surface area contributed by atoms with E-state index in [1.54, 1.807) is 6.07 Å². The molecule has 2 aromatic carbocycles. The Morgan fingerprint density at radius 3 is 2.67 bits per heavy atom. The number of phenolic OH excluding ortho intramolecular Hbond substituents is 1. The second-order valence-electron chi connectivity index (χ2n) is 5.21. The average molecular weight is 285 g/mol. The second kappa shape index (κ2) is 7.14. The number of benzene rings is 2. The van der Waals surface area contributed by atoms with Gasteiger partial charge in [0.1, 0.15) is 0 Å². The molecule has 0 unspecified atom stereocenters. The van der Waals surface area contributed by atoms with Crippen molar-refractivity contribution >= 4 is 0 Å². The zero-order valence-electron chi connectivity index (χ0n) is 12.9. The maximum absolute atomic E-state index is 10.2. The van der Waals surface area contributed by atoms with E-state index in [4.69, 9.17) is 4.74 Å². The van der Waals surface area contributed by atoms with E-state index in [1.165, 1.54) is 11.1 Å². The molecule has 2 aromatic rings. The quantitative estimate of drug-likeness (QED) is 0.844. The van der Waals surface area contributed by atoms with E-state index in [2.05, 4.69) is 43.4 Å². The van der Waals surface area contributed by atoms with Crippen LogP contribution in [-0.4, -0.2) is 11.7 Å². The average Bonchev–Trinajstić information content (AvgIpc) is 2.48. The first-order chi connectivity index (χ1) is 10.1. The summed E-state index contributed by atoms with van der Waals surface area (Å²) in [5, 5.41) is 13.6. The summed E-state index contributed by atoms with van der Waals surface area (Å²) in [6.07, 6.45) is 0. The van der Waals surface area contributed by atoms with Crippen molar-refractivity contribution in [1.29, 1.82) is 0 Å². The molecule has 3 heteroatoms. The van der Waals surface area contributed by atoms with Crippen LogP contribution in [0.3, 0.4) is 0 Å². The summed E-state index contributed by atoms with van der Waals surface area (Å²) in [6, 6.07) is 14.3. The third kappa shape index (κ3) is 3.99. The largest absolute Gasteiger partial charge is 0.504 e. The van der Waals surface area contributed by atoms with E-state index in [9.17, 15) is 5.11 Å². The number of rotatable bonds is 6. The van der Waals surface area contributed by atoms with E-state index < -0.39 is 0 Å². The van der Waals surface area contributed by atoms with Gasteiger partial charge in [-0.15, -0.1) is 0 Å². The van der Waals surface area contributed by atoms with Crippen molar-refractivity contribution in [2.45, 2.75) is 33.4 Å². The monoisotopic (exact) mass is 285 g/mol. The minimum atomic E-state index is 0.222. The Bertz CT molecular complexity index is 596. The number of aromatic hydroxyl groups is 1. The van der Waals surface area contributed by atoms with Crippen molar-refractivity contribution in [2.75, 3.05) is 6.61 Å². The fraction of sp³-hybridized carbons (Fsp3) is 0.333. The molecular formula is C18H23NO2. The molecule has 2 N–H and O–H groups in total. The molecule has 0 heterocycles. The van der Waals surface area contributed by atoms with Crippen LogP contribution < -0.4 is 10.1 Å². The van der Waals surface area contributed by atoms with E-state index >= 15 is 0 Å². The molecule has 0 saturated heterocycles. The van der Waals surface area contributed by atoms with E-state index in [-0.39, 0.29) is 11.8 Å². The summed E-state index contributed by atoms with van der Waals surface area (Å²) in [7, 11) is 0. The van der Waals surface area contributed by atoms with Crippen molar-refractivity contribution < 1.29 is 9.84 Å². The van der Waals surface area contributed by atoms with E-state index in [0.717, 1.165) is 5.56 Å². The highest BCUT2D eigenvalue weighted by Crippen LogP contribution is 2.30. The highest BCUT2D eigenvalue weighted by atomic mass is 16.5. The normalized spacial score (nSPS) is 12.1. The van der Waals surface area contributed by atoms with Gasteiger partial charge in [-0.1, -0.05) is 42.0 Å². The molecule has 0 bridgehead atoms. The van der Waals surface area contributed by atoms with Gasteiger partial charge in [-0.3, -0.25) is 0 Å². The molecule has 0 saturated carbocycles. The van der Waals surface area contributed by atoms with Gasteiger partial charge in [-0.05, 0) is 32.4 Å². The first-order valence-corrected chi connectivity index (χ1v) is 7.35. The molecule has 0 amide bonds. The number of phenols is 1. The fourth-order valence-electron chi connectivity index (χ4n) is 2.30. The standard InChI is InChI=1S/C18H23NO2/c1-4-21-17-10-6-9-16(18(17)20)12-19-14(3)15-8-5-7-13(2)11-15/h5-11,14,19-20H,4,12H2,1-3H3/t14-/m1/s1. The summed E-state index contributed by atoms with van der Waals surface area (Å²) in [5.74, 6) is 0.767. The zero-order valence-corrected chi connectivity index (χ0v) is 12.9. The maximum atomic E-state index is 10.2. The maximum Gasteiger partial charge on any atom is 0.162 e. The molecule has 0 radical (unpaired) electrons. The van der Waals surface area contributed by atoms with Crippen molar-refractivity contribution in [3.05, 3.63) is 59.2 Å². The van der Waals surface area contributed by atoms with Gasteiger partial charge in [0.05, 0.1) is 6.61 Å². The number of ether oxygens (including phenoxy) is 1. The lowest BCUT2D eigenvalue weighted by atomic mass is 10.1.